The number of aliphatic hydroxyl groups is 1. The van der Waals surface area contributed by atoms with Crippen LogP contribution >= 0.6 is 0 Å². The Balaban J connectivity index is 1.54. The van der Waals surface area contributed by atoms with Crippen molar-refractivity contribution in [2.75, 3.05) is 26.3 Å². The number of hydroxylamine groups is 1. The number of hydrogen-bond acceptors (Lipinski definition) is 6. The van der Waals surface area contributed by atoms with Crippen LogP contribution in [0, 0.1) is 11.8 Å². The normalized spacial score (nSPS) is 15.2. The third-order valence-electron chi connectivity index (χ3n) is 5.57. The van der Waals surface area contributed by atoms with Gasteiger partial charge in [-0.1, -0.05) is 36.1 Å². The number of carbonyl (C=O) groups excluding carboxylic acids is 2. The summed E-state index contributed by atoms with van der Waals surface area (Å²) < 4.78 is 5.39. The van der Waals surface area contributed by atoms with E-state index in [4.69, 9.17) is 9.94 Å². The van der Waals surface area contributed by atoms with Crippen molar-refractivity contribution in [1.82, 2.24) is 15.7 Å². The molecule has 3 rings (SSSR count). The number of benzene rings is 2. The van der Waals surface area contributed by atoms with E-state index in [-0.39, 0.29) is 0 Å². The van der Waals surface area contributed by atoms with Gasteiger partial charge < -0.3 is 15.2 Å². The van der Waals surface area contributed by atoms with Gasteiger partial charge in [0.25, 0.3) is 11.8 Å². The predicted molar refractivity (Wildman–Crippen MR) is 132 cm³/mol. The second kappa shape index (κ2) is 12.3. The van der Waals surface area contributed by atoms with Crippen molar-refractivity contribution in [3.8, 4) is 11.8 Å². The van der Waals surface area contributed by atoms with Crippen LogP contribution in [0.1, 0.15) is 40.9 Å². The van der Waals surface area contributed by atoms with Gasteiger partial charge in [-0.25, -0.2) is 5.48 Å². The van der Waals surface area contributed by atoms with Gasteiger partial charge in [0.1, 0.15) is 6.04 Å². The number of allylic oxidation sites excluding steroid dienone is 1. The van der Waals surface area contributed by atoms with Gasteiger partial charge in [-0.15, -0.1) is 0 Å². The van der Waals surface area contributed by atoms with Crippen LogP contribution in [0.5, 0.6) is 0 Å². The fourth-order valence-electron chi connectivity index (χ4n) is 3.56. The first kappa shape index (κ1) is 26.1. The molecule has 1 aliphatic heterocycles. The molecule has 0 aliphatic carbocycles. The quantitative estimate of drug-likeness (QED) is 0.276. The van der Waals surface area contributed by atoms with E-state index in [9.17, 15) is 14.7 Å². The van der Waals surface area contributed by atoms with Gasteiger partial charge in [0.15, 0.2) is 0 Å². The molecule has 35 heavy (non-hydrogen) atoms. The second-order valence-electron chi connectivity index (χ2n) is 8.85. The third kappa shape index (κ3) is 8.05. The Morgan fingerprint density at radius 3 is 2.37 bits per heavy atom. The topological polar surface area (TPSA) is 111 Å². The molecular weight excluding hydrogens is 446 g/mol. The highest BCUT2D eigenvalue weighted by molar-refractivity contribution is 5.97. The number of morpholine rings is 1. The van der Waals surface area contributed by atoms with Crippen molar-refractivity contribution in [1.29, 1.82) is 0 Å². The van der Waals surface area contributed by atoms with Gasteiger partial charge in [0.05, 0.1) is 18.8 Å². The number of rotatable bonds is 7. The van der Waals surface area contributed by atoms with Crippen LogP contribution in [0.4, 0.5) is 0 Å². The monoisotopic (exact) mass is 477 g/mol. The lowest BCUT2D eigenvalue weighted by Crippen LogP contribution is -2.57. The van der Waals surface area contributed by atoms with Crippen molar-refractivity contribution < 1.29 is 24.6 Å². The lowest BCUT2D eigenvalue weighted by atomic mass is 9.97. The van der Waals surface area contributed by atoms with E-state index in [0.29, 0.717) is 5.56 Å². The molecule has 2 aromatic carbocycles. The van der Waals surface area contributed by atoms with Crippen molar-refractivity contribution in [2.24, 2.45) is 0 Å². The third-order valence-corrected chi connectivity index (χ3v) is 5.57. The Labute approximate surface area is 205 Å². The molecule has 0 bridgehead atoms. The van der Waals surface area contributed by atoms with E-state index in [2.05, 4.69) is 46.3 Å². The first-order chi connectivity index (χ1) is 16.8. The minimum absolute atomic E-state index is 0.295. The van der Waals surface area contributed by atoms with Crippen LogP contribution in [0.2, 0.25) is 0 Å². The molecule has 8 nitrogen and oxygen atoms in total. The van der Waals surface area contributed by atoms with E-state index < -0.39 is 23.5 Å². The van der Waals surface area contributed by atoms with Crippen LogP contribution in [0.3, 0.4) is 0 Å². The van der Waals surface area contributed by atoms with Gasteiger partial charge in [0.2, 0.25) is 0 Å². The maximum absolute atomic E-state index is 12.4. The minimum atomic E-state index is -1.57. The van der Waals surface area contributed by atoms with Gasteiger partial charge in [-0.05, 0) is 61.4 Å². The zero-order valence-electron chi connectivity index (χ0n) is 20.0. The zero-order chi connectivity index (χ0) is 25.3. The Morgan fingerprint density at radius 1 is 1.11 bits per heavy atom. The molecule has 184 valence electrons. The van der Waals surface area contributed by atoms with E-state index in [1.807, 2.05) is 6.08 Å². The molecule has 0 aromatic heterocycles. The number of carbonyl (C=O) groups is 2. The highest BCUT2D eigenvalue weighted by Gasteiger charge is 2.34. The SMILES string of the molecule is CC(C)(O)C(NC(=O)c1ccc(C#C/C=C/c2ccc(CN3CCOCC3)cc2)cc1)C(=O)NO. The molecule has 1 atom stereocenters. The molecule has 0 spiro atoms. The van der Waals surface area contributed by atoms with E-state index in [1.165, 1.54) is 24.9 Å². The molecule has 1 fully saturated rings. The van der Waals surface area contributed by atoms with Gasteiger partial charge in [-0.3, -0.25) is 19.7 Å². The molecular formula is C27H31N3O5. The van der Waals surface area contributed by atoms with Crippen molar-refractivity contribution in [2.45, 2.75) is 32.0 Å². The summed E-state index contributed by atoms with van der Waals surface area (Å²) in [5.74, 6) is 4.53. The van der Waals surface area contributed by atoms with Crippen LogP contribution < -0.4 is 10.8 Å². The highest BCUT2D eigenvalue weighted by atomic mass is 16.5. The summed E-state index contributed by atoms with van der Waals surface area (Å²) in [7, 11) is 0. The Kier molecular flexibility index (Phi) is 9.18. The number of nitrogens with zero attached hydrogens (tertiary/aromatic N) is 1. The van der Waals surface area contributed by atoms with Gasteiger partial charge >= 0.3 is 0 Å². The van der Waals surface area contributed by atoms with Crippen LogP contribution in [0.25, 0.3) is 6.08 Å². The summed E-state index contributed by atoms with van der Waals surface area (Å²) in [5, 5.41) is 21.4. The molecule has 0 saturated carbocycles. The van der Waals surface area contributed by atoms with Crippen molar-refractivity contribution >= 4 is 17.9 Å². The zero-order valence-corrected chi connectivity index (χ0v) is 20.0. The summed E-state index contributed by atoms with van der Waals surface area (Å²) in [4.78, 5) is 26.6. The molecule has 1 heterocycles. The lowest BCUT2D eigenvalue weighted by molar-refractivity contribution is -0.136. The number of amides is 2. The van der Waals surface area contributed by atoms with Crippen LogP contribution in [-0.4, -0.2) is 65.0 Å². The smallest absolute Gasteiger partial charge is 0.268 e. The summed E-state index contributed by atoms with van der Waals surface area (Å²) in [6.07, 6.45) is 3.72. The van der Waals surface area contributed by atoms with Crippen LogP contribution in [0.15, 0.2) is 54.6 Å². The van der Waals surface area contributed by atoms with Gasteiger partial charge in [-0.2, -0.15) is 0 Å². The number of nitrogens with one attached hydrogen (secondary N) is 2. The van der Waals surface area contributed by atoms with E-state index >= 15 is 0 Å². The maximum Gasteiger partial charge on any atom is 0.268 e. The predicted octanol–water partition coefficient (Wildman–Crippen LogP) is 1.96. The Morgan fingerprint density at radius 2 is 1.77 bits per heavy atom. The molecule has 1 aliphatic rings. The second-order valence-corrected chi connectivity index (χ2v) is 8.85. The maximum atomic E-state index is 12.4. The fraction of sp³-hybridized carbons (Fsp3) is 0.333. The molecule has 1 unspecified atom stereocenters. The molecule has 4 N–H and O–H groups in total. The summed E-state index contributed by atoms with van der Waals surface area (Å²) in [6.45, 7) is 7.16. The van der Waals surface area contributed by atoms with E-state index in [0.717, 1.165) is 44.0 Å². The fourth-order valence-corrected chi connectivity index (χ4v) is 3.56. The summed E-state index contributed by atoms with van der Waals surface area (Å²) in [6, 6.07) is 13.6. The number of hydrogen-bond donors (Lipinski definition) is 4. The summed E-state index contributed by atoms with van der Waals surface area (Å²) in [5.41, 5.74) is 3.23. The van der Waals surface area contributed by atoms with E-state index in [1.54, 1.807) is 30.3 Å². The van der Waals surface area contributed by atoms with Gasteiger partial charge in [0, 0.05) is 30.8 Å². The Bertz CT molecular complexity index is 1090. The van der Waals surface area contributed by atoms with Crippen molar-refractivity contribution in [3.63, 3.8) is 0 Å². The van der Waals surface area contributed by atoms with Crippen molar-refractivity contribution in [3.05, 3.63) is 76.9 Å². The largest absolute Gasteiger partial charge is 0.388 e. The molecule has 8 heteroatoms. The first-order valence-electron chi connectivity index (χ1n) is 11.4. The minimum Gasteiger partial charge on any atom is -0.388 e. The number of ether oxygens (including phenoxy) is 1. The average molecular weight is 478 g/mol. The average Bonchev–Trinajstić information content (AvgIpc) is 2.86. The molecule has 2 amide bonds. The first-order valence-corrected chi connectivity index (χ1v) is 11.4. The molecule has 2 aromatic rings. The molecule has 1 saturated heterocycles. The van der Waals surface area contributed by atoms with Crippen LogP contribution in [-0.2, 0) is 16.1 Å². The molecule has 0 radical (unpaired) electrons. The standard InChI is InChI=1S/C27H31N3O5/c1-27(2,33)24(26(32)29-34)28-25(31)23-13-11-21(12-14-23)6-4-3-5-20-7-9-22(10-8-20)19-30-15-17-35-18-16-30/h3,5,7-14,24,33-34H,15-19H2,1-2H3,(H,28,31)(H,29,32)/b5-3+. The summed E-state index contributed by atoms with van der Waals surface area (Å²) >= 11 is 0. The highest BCUT2D eigenvalue weighted by Crippen LogP contribution is 2.12. The Hall–Kier alpha value is -3.48. The lowest BCUT2D eigenvalue weighted by Gasteiger charge is -2.28.